The highest BCUT2D eigenvalue weighted by Crippen LogP contribution is 2.28. The van der Waals surface area contributed by atoms with Crippen molar-refractivity contribution in [3.63, 3.8) is 0 Å². The Kier molecular flexibility index (Phi) is 4.56. The van der Waals surface area contributed by atoms with Crippen LogP contribution in [0.4, 0.5) is 5.13 Å². The molecule has 2 heterocycles. The molecule has 0 saturated carbocycles. The number of benzene rings is 2. The number of aryl methyl sites for hydroxylation is 2. The smallest absolute Gasteiger partial charge is 0.279 e. The molecular formula is C21H17N3O2S. The lowest BCUT2D eigenvalue weighted by Gasteiger charge is -2.03. The van der Waals surface area contributed by atoms with Gasteiger partial charge in [-0.1, -0.05) is 59.3 Å². The Morgan fingerprint density at radius 3 is 2.67 bits per heavy atom. The maximum absolute atomic E-state index is 12.4. The highest BCUT2D eigenvalue weighted by Gasteiger charge is 2.16. The number of rotatable bonds is 4. The molecular weight excluding hydrogens is 358 g/mol. The van der Waals surface area contributed by atoms with Crippen molar-refractivity contribution in [3.8, 4) is 22.6 Å². The number of thiazole rings is 1. The van der Waals surface area contributed by atoms with Gasteiger partial charge in [-0.3, -0.25) is 10.1 Å². The van der Waals surface area contributed by atoms with Crippen LogP contribution in [0, 0.1) is 13.8 Å². The Morgan fingerprint density at radius 2 is 1.89 bits per heavy atom. The zero-order chi connectivity index (χ0) is 18.8. The van der Waals surface area contributed by atoms with Gasteiger partial charge in [-0.05, 0) is 19.4 Å². The monoisotopic (exact) mass is 375 g/mol. The van der Waals surface area contributed by atoms with E-state index < -0.39 is 0 Å². The highest BCUT2D eigenvalue weighted by molar-refractivity contribution is 7.14. The molecule has 134 valence electrons. The van der Waals surface area contributed by atoms with Crippen LogP contribution in [-0.2, 0) is 0 Å². The minimum atomic E-state index is -0.345. The minimum absolute atomic E-state index is 0.220. The van der Waals surface area contributed by atoms with Gasteiger partial charge in [0, 0.05) is 22.6 Å². The third-order valence-electron chi connectivity index (χ3n) is 4.18. The molecule has 5 nitrogen and oxygen atoms in total. The molecule has 0 bridgehead atoms. The van der Waals surface area contributed by atoms with Crippen LogP contribution in [0.1, 0.15) is 21.6 Å². The van der Waals surface area contributed by atoms with Crippen molar-refractivity contribution in [3.05, 3.63) is 76.8 Å². The van der Waals surface area contributed by atoms with Crippen molar-refractivity contribution < 1.29 is 9.32 Å². The summed E-state index contributed by atoms with van der Waals surface area (Å²) in [5.41, 5.74) is 5.36. The van der Waals surface area contributed by atoms with Crippen molar-refractivity contribution >= 4 is 22.4 Å². The van der Waals surface area contributed by atoms with Gasteiger partial charge in [0.2, 0.25) is 0 Å². The number of amides is 1. The second kappa shape index (κ2) is 7.17. The van der Waals surface area contributed by atoms with Crippen LogP contribution in [0.3, 0.4) is 0 Å². The van der Waals surface area contributed by atoms with Gasteiger partial charge in [-0.15, -0.1) is 11.3 Å². The van der Waals surface area contributed by atoms with Crippen LogP contribution in [0.2, 0.25) is 0 Å². The van der Waals surface area contributed by atoms with Gasteiger partial charge in [-0.2, -0.15) is 0 Å². The standard InChI is InChI=1S/C21H17N3O2S/c1-13-8-9-16(14(2)10-13)18-12-27-21(22-18)23-20(25)17-11-19(26-24-17)15-6-4-3-5-7-15/h3-12H,1-2H3,(H,22,23,25). The molecule has 2 aromatic heterocycles. The summed E-state index contributed by atoms with van der Waals surface area (Å²) in [6.45, 7) is 4.12. The first-order valence-electron chi connectivity index (χ1n) is 8.47. The van der Waals surface area contributed by atoms with Crippen LogP contribution in [0.25, 0.3) is 22.6 Å². The summed E-state index contributed by atoms with van der Waals surface area (Å²) in [6.07, 6.45) is 0. The molecule has 0 fully saturated rings. The van der Waals surface area contributed by atoms with Gasteiger partial charge in [0.1, 0.15) is 0 Å². The molecule has 4 rings (SSSR count). The highest BCUT2D eigenvalue weighted by atomic mass is 32.1. The fourth-order valence-corrected chi connectivity index (χ4v) is 3.54. The predicted molar refractivity (Wildman–Crippen MR) is 107 cm³/mol. The second-order valence-electron chi connectivity index (χ2n) is 6.25. The Morgan fingerprint density at radius 1 is 1.07 bits per heavy atom. The number of nitrogens with one attached hydrogen (secondary N) is 1. The summed E-state index contributed by atoms with van der Waals surface area (Å²) in [5.74, 6) is 0.207. The van der Waals surface area contributed by atoms with Gasteiger partial charge in [0.25, 0.3) is 5.91 Å². The number of nitrogens with zero attached hydrogens (tertiary/aromatic N) is 2. The fourth-order valence-electron chi connectivity index (χ4n) is 2.84. The van der Waals surface area contributed by atoms with E-state index >= 15 is 0 Å². The minimum Gasteiger partial charge on any atom is -0.355 e. The summed E-state index contributed by atoms with van der Waals surface area (Å²) in [6, 6.07) is 17.4. The number of carbonyl (C=O) groups excluding carboxylic acids is 1. The Hall–Kier alpha value is -3.25. The molecule has 0 radical (unpaired) electrons. The first-order valence-corrected chi connectivity index (χ1v) is 9.35. The molecule has 1 amide bonds. The lowest BCUT2D eigenvalue weighted by Crippen LogP contribution is -2.11. The number of hydrogen-bond donors (Lipinski definition) is 1. The summed E-state index contributed by atoms with van der Waals surface area (Å²) in [4.78, 5) is 17.0. The van der Waals surface area contributed by atoms with E-state index in [2.05, 4.69) is 47.5 Å². The summed E-state index contributed by atoms with van der Waals surface area (Å²) >= 11 is 1.38. The van der Waals surface area contributed by atoms with Gasteiger partial charge < -0.3 is 4.52 Å². The first kappa shape index (κ1) is 17.2. The zero-order valence-electron chi connectivity index (χ0n) is 14.9. The van der Waals surface area contributed by atoms with E-state index in [-0.39, 0.29) is 11.6 Å². The van der Waals surface area contributed by atoms with Crippen molar-refractivity contribution in [2.24, 2.45) is 0 Å². The number of hydrogen-bond acceptors (Lipinski definition) is 5. The maximum Gasteiger partial charge on any atom is 0.279 e. The Balaban J connectivity index is 1.51. The third-order valence-corrected chi connectivity index (χ3v) is 4.94. The van der Waals surface area contributed by atoms with Crippen LogP contribution in [0.5, 0.6) is 0 Å². The molecule has 1 N–H and O–H groups in total. The van der Waals surface area contributed by atoms with Crippen LogP contribution < -0.4 is 5.32 Å². The lowest BCUT2D eigenvalue weighted by atomic mass is 10.0. The molecule has 0 aliphatic rings. The van der Waals surface area contributed by atoms with E-state index in [1.54, 1.807) is 6.07 Å². The lowest BCUT2D eigenvalue weighted by molar-refractivity contribution is 0.101. The SMILES string of the molecule is Cc1ccc(-c2csc(NC(=O)c3cc(-c4ccccc4)on3)n2)c(C)c1. The number of anilines is 1. The molecule has 0 spiro atoms. The molecule has 0 aliphatic heterocycles. The van der Waals surface area contributed by atoms with Crippen molar-refractivity contribution in [2.75, 3.05) is 5.32 Å². The van der Waals surface area contributed by atoms with E-state index in [0.29, 0.717) is 10.9 Å². The van der Waals surface area contributed by atoms with E-state index in [1.165, 1.54) is 16.9 Å². The zero-order valence-corrected chi connectivity index (χ0v) is 15.7. The number of carbonyl (C=O) groups is 1. The molecule has 27 heavy (non-hydrogen) atoms. The third kappa shape index (κ3) is 3.66. The molecule has 0 atom stereocenters. The molecule has 0 unspecified atom stereocenters. The van der Waals surface area contributed by atoms with Crippen molar-refractivity contribution in [1.29, 1.82) is 0 Å². The van der Waals surface area contributed by atoms with Gasteiger partial charge in [0.15, 0.2) is 16.6 Å². The average Bonchev–Trinajstić information content (AvgIpc) is 3.32. The molecule has 0 saturated heterocycles. The quantitative estimate of drug-likeness (QED) is 0.523. The normalized spacial score (nSPS) is 10.7. The van der Waals surface area contributed by atoms with Gasteiger partial charge in [0.05, 0.1) is 5.69 Å². The van der Waals surface area contributed by atoms with Crippen molar-refractivity contribution in [2.45, 2.75) is 13.8 Å². The van der Waals surface area contributed by atoms with E-state index in [9.17, 15) is 4.79 Å². The molecule has 0 aliphatic carbocycles. The van der Waals surface area contributed by atoms with Crippen LogP contribution >= 0.6 is 11.3 Å². The molecule has 2 aromatic carbocycles. The second-order valence-corrected chi connectivity index (χ2v) is 7.11. The first-order chi connectivity index (χ1) is 13.1. The molecule has 4 aromatic rings. The van der Waals surface area contributed by atoms with E-state index in [1.807, 2.05) is 35.7 Å². The van der Waals surface area contributed by atoms with Crippen LogP contribution in [0.15, 0.2) is 64.5 Å². The van der Waals surface area contributed by atoms with Crippen LogP contribution in [-0.4, -0.2) is 16.0 Å². The Labute approximate surface area is 160 Å². The van der Waals surface area contributed by atoms with Gasteiger partial charge in [-0.25, -0.2) is 4.98 Å². The fraction of sp³-hybridized carbons (Fsp3) is 0.0952. The predicted octanol–water partition coefficient (Wildman–Crippen LogP) is 5.33. The topological polar surface area (TPSA) is 68.0 Å². The number of aromatic nitrogens is 2. The molecule has 6 heteroatoms. The summed E-state index contributed by atoms with van der Waals surface area (Å²) in [7, 11) is 0. The van der Waals surface area contributed by atoms with E-state index in [4.69, 9.17) is 4.52 Å². The van der Waals surface area contributed by atoms with Gasteiger partial charge >= 0.3 is 0 Å². The summed E-state index contributed by atoms with van der Waals surface area (Å²) in [5, 5.41) is 9.12. The summed E-state index contributed by atoms with van der Waals surface area (Å²) < 4.78 is 5.28. The Bertz CT molecular complexity index is 1100. The largest absolute Gasteiger partial charge is 0.355 e. The average molecular weight is 375 g/mol. The maximum atomic E-state index is 12.4. The van der Waals surface area contributed by atoms with Crippen molar-refractivity contribution in [1.82, 2.24) is 10.1 Å². The van der Waals surface area contributed by atoms with E-state index in [0.717, 1.165) is 22.4 Å².